The molecule has 0 saturated carbocycles. The van der Waals surface area contributed by atoms with Crippen LogP contribution in [0.1, 0.15) is 29.3 Å². The molecule has 3 nitrogen and oxygen atoms in total. The van der Waals surface area contributed by atoms with Gasteiger partial charge in [0.1, 0.15) is 4.83 Å². The predicted octanol–water partition coefficient (Wildman–Crippen LogP) is 4.91. The number of fused-ring (bicyclic) bond motifs is 3. The third kappa shape index (κ3) is 3.26. The molecule has 0 amide bonds. The number of hydrogen-bond acceptors (Lipinski definition) is 4. The van der Waals surface area contributed by atoms with Crippen LogP contribution in [-0.4, -0.2) is 15.3 Å². The molecule has 1 aliphatic carbocycles. The Morgan fingerprint density at radius 1 is 1.38 bits per heavy atom. The average Bonchev–Trinajstić information content (AvgIpc) is 3.00. The minimum absolute atomic E-state index is 0.109. The highest BCUT2D eigenvalue weighted by Crippen LogP contribution is 2.36. The van der Waals surface area contributed by atoms with Crippen LogP contribution in [0.15, 0.2) is 52.9 Å². The van der Waals surface area contributed by atoms with Gasteiger partial charge in [0.05, 0.1) is 11.9 Å². The first kappa shape index (κ1) is 17.6. The molecule has 0 aliphatic heterocycles. The van der Waals surface area contributed by atoms with E-state index in [0.29, 0.717) is 12.5 Å². The van der Waals surface area contributed by atoms with E-state index < -0.39 is 0 Å². The summed E-state index contributed by atoms with van der Waals surface area (Å²) in [6, 6.07) is 10.1. The second kappa shape index (κ2) is 7.41. The van der Waals surface area contributed by atoms with Crippen LogP contribution in [0.3, 0.4) is 0 Å². The van der Waals surface area contributed by atoms with Crippen molar-refractivity contribution in [2.45, 2.75) is 37.9 Å². The van der Waals surface area contributed by atoms with Gasteiger partial charge >= 0.3 is 0 Å². The van der Waals surface area contributed by atoms with Crippen molar-refractivity contribution in [3.05, 3.63) is 69.3 Å². The second-order valence-corrected chi connectivity index (χ2v) is 8.97. The average molecular weight is 383 g/mol. The van der Waals surface area contributed by atoms with Gasteiger partial charge in [-0.15, -0.1) is 17.9 Å². The Kier molecular flexibility index (Phi) is 5.00. The van der Waals surface area contributed by atoms with Crippen molar-refractivity contribution >= 4 is 33.3 Å². The molecule has 2 heterocycles. The highest BCUT2D eigenvalue weighted by atomic mass is 32.2. The van der Waals surface area contributed by atoms with Crippen molar-refractivity contribution < 1.29 is 0 Å². The van der Waals surface area contributed by atoms with Gasteiger partial charge in [-0.2, -0.15) is 0 Å². The molecule has 1 aliphatic rings. The molecule has 0 bridgehead atoms. The summed E-state index contributed by atoms with van der Waals surface area (Å²) in [4.78, 5) is 20.6. The zero-order valence-electron chi connectivity index (χ0n) is 14.9. The summed E-state index contributed by atoms with van der Waals surface area (Å²) in [7, 11) is 0. The van der Waals surface area contributed by atoms with E-state index in [4.69, 9.17) is 4.98 Å². The smallest absolute Gasteiger partial charge is 0.263 e. The Labute approximate surface area is 161 Å². The molecule has 0 saturated heterocycles. The van der Waals surface area contributed by atoms with E-state index in [-0.39, 0.29) is 5.56 Å². The lowest BCUT2D eigenvalue weighted by Crippen LogP contribution is -2.24. The van der Waals surface area contributed by atoms with Gasteiger partial charge in [-0.25, -0.2) is 4.98 Å². The fourth-order valence-electron chi connectivity index (χ4n) is 3.55. The Bertz CT molecular complexity index is 1000. The van der Waals surface area contributed by atoms with Crippen LogP contribution in [0.2, 0.25) is 0 Å². The van der Waals surface area contributed by atoms with E-state index in [1.165, 1.54) is 10.4 Å². The number of nitrogens with zero attached hydrogens (tertiary/aromatic N) is 2. The van der Waals surface area contributed by atoms with Gasteiger partial charge in [-0.3, -0.25) is 9.36 Å². The number of hydrogen-bond donors (Lipinski definition) is 0. The SMILES string of the molecule is C=CCSc1nc2sc3c(c2c(=O)n1Cc1ccccc1)CCC(C)C3. The molecule has 4 rings (SSSR count). The third-order valence-electron chi connectivity index (χ3n) is 4.89. The van der Waals surface area contributed by atoms with Gasteiger partial charge in [-0.1, -0.05) is 55.1 Å². The highest BCUT2D eigenvalue weighted by Gasteiger charge is 2.24. The van der Waals surface area contributed by atoms with E-state index in [9.17, 15) is 4.79 Å². The Hall–Kier alpha value is -1.85. The highest BCUT2D eigenvalue weighted by molar-refractivity contribution is 7.99. The van der Waals surface area contributed by atoms with Crippen molar-refractivity contribution in [1.29, 1.82) is 0 Å². The van der Waals surface area contributed by atoms with Gasteiger partial charge in [-0.05, 0) is 36.3 Å². The third-order valence-corrected chi connectivity index (χ3v) is 7.01. The maximum absolute atomic E-state index is 13.4. The summed E-state index contributed by atoms with van der Waals surface area (Å²) in [6.07, 6.45) is 5.08. The van der Waals surface area contributed by atoms with Crippen molar-refractivity contribution in [3.8, 4) is 0 Å². The summed E-state index contributed by atoms with van der Waals surface area (Å²) < 4.78 is 1.84. The van der Waals surface area contributed by atoms with Gasteiger partial charge in [0, 0.05) is 10.6 Å². The summed E-state index contributed by atoms with van der Waals surface area (Å²) in [5.74, 6) is 1.44. The van der Waals surface area contributed by atoms with Crippen molar-refractivity contribution in [3.63, 3.8) is 0 Å². The molecular formula is C21H22N2OS2. The first-order valence-corrected chi connectivity index (χ1v) is 10.8. The van der Waals surface area contributed by atoms with Crippen molar-refractivity contribution in [2.24, 2.45) is 5.92 Å². The largest absolute Gasteiger partial charge is 0.283 e. The van der Waals surface area contributed by atoms with E-state index in [0.717, 1.165) is 46.0 Å². The van der Waals surface area contributed by atoms with Crippen molar-refractivity contribution in [2.75, 3.05) is 5.75 Å². The monoisotopic (exact) mass is 382 g/mol. The summed E-state index contributed by atoms with van der Waals surface area (Å²) in [6.45, 7) is 6.65. The predicted molar refractivity (Wildman–Crippen MR) is 112 cm³/mol. The molecular weight excluding hydrogens is 360 g/mol. The molecule has 5 heteroatoms. The summed E-state index contributed by atoms with van der Waals surface area (Å²) in [5, 5.41) is 1.65. The van der Waals surface area contributed by atoms with E-state index in [1.54, 1.807) is 23.1 Å². The lowest BCUT2D eigenvalue weighted by atomic mass is 9.89. The van der Waals surface area contributed by atoms with Crippen LogP contribution in [-0.2, 0) is 19.4 Å². The van der Waals surface area contributed by atoms with Crippen LogP contribution in [0.4, 0.5) is 0 Å². The molecule has 1 aromatic carbocycles. The number of thioether (sulfide) groups is 1. The molecule has 26 heavy (non-hydrogen) atoms. The summed E-state index contributed by atoms with van der Waals surface area (Å²) in [5.41, 5.74) is 2.48. The van der Waals surface area contributed by atoms with Gasteiger partial charge in [0.2, 0.25) is 0 Å². The molecule has 0 fully saturated rings. The van der Waals surface area contributed by atoms with Crippen LogP contribution in [0.5, 0.6) is 0 Å². The van der Waals surface area contributed by atoms with Gasteiger partial charge < -0.3 is 0 Å². The van der Waals surface area contributed by atoms with Gasteiger partial charge in [0.25, 0.3) is 5.56 Å². The van der Waals surface area contributed by atoms with E-state index >= 15 is 0 Å². The number of rotatable bonds is 5. The Morgan fingerprint density at radius 2 is 2.19 bits per heavy atom. The maximum atomic E-state index is 13.4. The fourth-order valence-corrected chi connectivity index (χ4v) is 5.71. The van der Waals surface area contributed by atoms with Crippen LogP contribution >= 0.6 is 23.1 Å². The number of thiophene rings is 1. The van der Waals surface area contributed by atoms with Crippen molar-refractivity contribution in [1.82, 2.24) is 9.55 Å². The lowest BCUT2D eigenvalue weighted by Gasteiger charge is -2.17. The molecule has 0 N–H and O–H groups in total. The molecule has 134 valence electrons. The minimum Gasteiger partial charge on any atom is -0.283 e. The quantitative estimate of drug-likeness (QED) is 0.357. The molecule has 3 aromatic rings. The number of aryl methyl sites for hydroxylation is 1. The molecule has 1 unspecified atom stereocenters. The molecule has 2 aromatic heterocycles. The lowest BCUT2D eigenvalue weighted by molar-refractivity contribution is 0.509. The molecule has 0 radical (unpaired) electrons. The first-order valence-electron chi connectivity index (χ1n) is 9.00. The maximum Gasteiger partial charge on any atom is 0.263 e. The molecule has 0 spiro atoms. The fraction of sp³-hybridized carbons (Fsp3) is 0.333. The number of benzene rings is 1. The zero-order chi connectivity index (χ0) is 18.1. The van der Waals surface area contributed by atoms with Gasteiger partial charge in [0.15, 0.2) is 5.16 Å². The first-order chi connectivity index (χ1) is 12.7. The number of aromatic nitrogens is 2. The Balaban J connectivity index is 1.88. The summed E-state index contributed by atoms with van der Waals surface area (Å²) >= 11 is 3.30. The Morgan fingerprint density at radius 3 is 2.96 bits per heavy atom. The van der Waals surface area contributed by atoms with E-state index in [1.807, 2.05) is 28.8 Å². The zero-order valence-corrected chi connectivity index (χ0v) is 16.5. The molecule has 1 atom stereocenters. The topological polar surface area (TPSA) is 34.9 Å². The normalized spacial score (nSPS) is 16.6. The van der Waals surface area contributed by atoms with Crippen LogP contribution in [0.25, 0.3) is 10.2 Å². The standard InChI is InChI=1S/C21H22N2OS2/c1-3-11-25-21-22-19-18(16-10-9-14(2)12-17(16)26-19)20(24)23(21)13-15-7-5-4-6-8-15/h3-8,14H,1,9-13H2,2H3. The van der Waals surface area contributed by atoms with Crippen LogP contribution < -0.4 is 5.56 Å². The van der Waals surface area contributed by atoms with Crippen LogP contribution in [0, 0.1) is 5.92 Å². The minimum atomic E-state index is 0.109. The van der Waals surface area contributed by atoms with E-state index in [2.05, 4.69) is 25.6 Å². The second-order valence-electron chi connectivity index (χ2n) is 6.90.